The van der Waals surface area contributed by atoms with Crippen LogP contribution in [-0.4, -0.2) is 13.6 Å². The molecule has 0 aromatic heterocycles. The van der Waals surface area contributed by atoms with Crippen LogP contribution in [0.4, 0.5) is 10.2 Å². The van der Waals surface area contributed by atoms with E-state index in [2.05, 4.69) is 12.2 Å². The van der Waals surface area contributed by atoms with Gasteiger partial charge in [0, 0.05) is 18.6 Å². The fourth-order valence-electron chi connectivity index (χ4n) is 1.78. The zero-order valence-electron chi connectivity index (χ0n) is 12.5. The minimum Gasteiger partial charge on any atom is -0.313 e. The summed E-state index contributed by atoms with van der Waals surface area (Å²) in [5.41, 5.74) is 1.43. The molecule has 0 unspecified atom stereocenters. The number of nitrogens with one attached hydrogen (secondary N) is 1. The van der Waals surface area contributed by atoms with Crippen LogP contribution < -0.4 is 10.4 Å². The normalized spacial score (nSPS) is 9.71. The molecule has 21 heavy (non-hydrogen) atoms. The van der Waals surface area contributed by atoms with Crippen molar-refractivity contribution in [3.8, 4) is 0 Å². The van der Waals surface area contributed by atoms with Crippen molar-refractivity contribution in [2.24, 2.45) is 0 Å². The lowest BCUT2D eigenvalue weighted by atomic mass is 10.1. The molecule has 4 heteroatoms. The van der Waals surface area contributed by atoms with Gasteiger partial charge in [0.2, 0.25) is 0 Å². The van der Waals surface area contributed by atoms with E-state index in [1.807, 2.05) is 36.4 Å². The summed E-state index contributed by atoms with van der Waals surface area (Å²) in [6, 6.07) is 17.2. The topological polar surface area (TPSA) is 15.3 Å². The minimum absolute atomic E-state index is 0.558. The summed E-state index contributed by atoms with van der Waals surface area (Å²) in [4.78, 5) is 0. The first-order chi connectivity index (χ1) is 10.1. The molecule has 1 N–H and O–H groups in total. The van der Waals surface area contributed by atoms with Crippen molar-refractivity contribution >= 4 is 17.3 Å². The van der Waals surface area contributed by atoms with Gasteiger partial charge in [-0.25, -0.2) is 5.12 Å². The van der Waals surface area contributed by atoms with Gasteiger partial charge < -0.3 is 5.32 Å². The summed E-state index contributed by atoms with van der Waals surface area (Å²) >= 11 is 5.87. The van der Waals surface area contributed by atoms with Crippen molar-refractivity contribution in [3.05, 3.63) is 65.2 Å². The van der Waals surface area contributed by atoms with Crippen LogP contribution in [0, 0.1) is 0 Å². The number of hydrogen-bond acceptors (Lipinski definition) is 2. The van der Waals surface area contributed by atoms with E-state index in [0.29, 0.717) is 22.4 Å². The predicted octanol–water partition coefficient (Wildman–Crippen LogP) is 4.85. The molecule has 0 atom stereocenters. The van der Waals surface area contributed by atoms with Crippen molar-refractivity contribution in [1.29, 1.82) is 0 Å². The van der Waals surface area contributed by atoms with E-state index in [4.69, 9.17) is 11.6 Å². The number of hydrogen-bond donors (Lipinski definition) is 1. The quantitative estimate of drug-likeness (QED) is 0.627. The third-order valence-corrected chi connectivity index (χ3v) is 3.02. The first kappa shape index (κ1) is 17.5. The van der Waals surface area contributed by atoms with Crippen LogP contribution in [0.1, 0.15) is 18.9 Å². The molecule has 114 valence electrons. The average Bonchev–Trinajstić information content (AvgIpc) is 2.50. The molecule has 0 aliphatic heterocycles. The van der Waals surface area contributed by atoms with Gasteiger partial charge in [0.1, 0.15) is 0 Å². The van der Waals surface area contributed by atoms with Crippen LogP contribution >= 0.6 is 11.6 Å². The van der Waals surface area contributed by atoms with E-state index in [-0.39, 0.29) is 0 Å². The summed E-state index contributed by atoms with van der Waals surface area (Å²) in [7, 11) is 1.38. The van der Waals surface area contributed by atoms with Crippen LogP contribution in [0.15, 0.2) is 54.6 Å². The molecule has 2 nitrogen and oxygen atoms in total. The standard InChI is InChI=1S/C11H16ClFN2.C6H6/c1-3-6-14-8-9-7-10(12)4-5-11(9)15(2)13;1-2-4-6-5-3-1/h4-5,7,14H,3,6,8H2,1-2H3;1-6H. The molecule has 0 spiro atoms. The Morgan fingerprint density at radius 1 is 1.10 bits per heavy atom. The average molecular weight is 309 g/mol. The van der Waals surface area contributed by atoms with E-state index in [0.717, 1.165) is 18.5 Å². The molecule has 0 saturated heterocycles. The largest absolute Gasteiger partial charge is 0.313 e. The first-order valence-corrected chi connectivity index (χ1v) is 7.41. The van der Waals surface area contributed by atoms with E-state index in [1.54, 1.807) is 18.2 Å². The first-order valence-electron chi connectivity index (χ1n) is 7.03. The van der Waals surface area contributed by atoms with Crippen molar-refractivity contribution in [3.63, 3.8) is 0 Å². The Kier molecular flexibility index (Phi) is 8.48. The lowest BCUT2D eigenvalue weighted by molar-refractivity contribution is 0.473. The molecule has 0 bridgehead atoms. The second-order valence-corrected chi connectivity index (χ2v) is 5.02. The van der Waals surface area contributed by atoms with Gasteiger partial charge in [-0.1, -0.05) is 54.9 Å². The van der Waals surface area contributed by atoms with Gasteiger partial charge in [-0.2, -0.15) is 0 Å². The monoisotopic (exact) mass is 308 g/mol. The van der Waals surface area contributed by atoms with Crippen molar-refractivity contribution < 1.29 is 4.48 Å². The molecule has 0 amide bonds. The minimum atomic E-state index is 0.558. The van der Waals surface area contributed by atoms with E-state index in [9.17, 15) is 4.48 Å². The zero-order chi connectivity index (χ0) is 15.5. The number of halogens is 2. The molecular formula is C17H22ClFN2. The Morgan fingerprint density at radius 3 is 2.14 bits per heavy atom. The van der Waals surface area contributed by atoms with E-state index in [1.165, 1.54) is 7.05 Å². The summed E-state index contributed by atoms with van der Waals surface area (Å²) in [5, 5.41) is 4.47. The Balaban J connectivity index is 0.000000304. The van der Waals surface area contributed by atoms with Crippen molar-refractivity contribution in [2.75, 3.05) is 18.7 Å². The maximum atomic E-state index is 13.1. The molecule has 2 aromatic carbocycles. The lowest BCUT2D eigenvalue weighted by Crippen LogP contribution is -2.16. The van der Waals surface area contributed by atoms with Gasteiger partial charge in [-0.3, -0.25) is 0 Å². The molecule has 2 aromatic rings. The van der Waals surface area contributed by atoms with Crippen LogP contribution in [0.25, 0.3) is 0 Å². The Labute approximate surface area is 131 Å². The fourth-order valence-corrected chi connectivity index (χ4v) is 1.98. The summed E-state index contributed by atoms with van der Waals surface area (Å²) in [6.07, 6.45) is 1.06. The van der Waals surface area contributed by atoms with Gasteiger partial charge in [-0.05, 0) is 36.7 Å². The van der Waals surface area contributed by atoms with E-state index < -0.39 is 0 Å². The number of rotatable bonds is 5. The lowest BCUT2D eigenvalue weighted by Gasteiger charge is -2.14. The second kappa shape index (κ2) is 10.2. The van der Waals surface area contributed by atoms with Crippen LogP contribution in [0.5, 0.6) is 0 Å². The van der Waals surface area contributed by atoms with Gasteiger partial charge in [0.15, 0.2) is 0 Å². The van der Waals surface area contributed by atoms with Gasteiger partial charge >= 0.3 is 0 Å². The Bertz CT molecular complexity index is 477. The Hall–Kier alpha value is -1.58. The highest BCUT2D eigenvalue weighted by molar-refractivity contribution is 6.30. The summed E-state index contributed by atoms with van der Waals surface area (Å²) in [5.74, 6) is 0. The van der Waals surface area contributed by atoms with Crippen LogP contribution in [-0.2, 0) is 6.54 Å². The van der Waals surface area contributed by atoms with Crippen LogP contribution in [0.2, 0.25) is 5.02 Å². The number of benzene rings is 2. The van der Waals surface area contributed by atoms with Gasteiger partial charge in [0.25, 0.3) is 0 Å². The fraction of sp³-hybridized carbons (Fsp3) is 0.294. The van der Waals surface area contributed by atoms with Crippen molar-refractivity contribution in [1.82, 2.24) is 5.32 Å². The Morgan fingerprint density at radius 2 is 1.67 bits per heavy atom. The second-order valence-electron chi connectivity index (χ2n) is 4.58. The molecule has 0 aliphatic carbocycles. The molecule has 0 radical (unpaired) electrons. The molecular weight excluding hydrogens is 287 g/mol. The molecule has 2 rings (SSSR count). The summed E-state index contributed by atoms with van der Waals surface area (Å²) < 4.78 is 13.1. The summed E-state index contributed by atoms with van der Waals surface area (Å²) in [6.45, 7) is 3.65. The SMILES string of the molecule is CCCNCc1cc(Cl)ccc1N(C)F.c1ccccc1. The van der Waals surface area contributed by atoms with Crippen molar-refractivity contribution in [2.45, 2.75) is 19.9 Å². The number of nitrogens with zero attached hydrogens (tertiary/aromatic N) is 1. The predicted molar refractivity (Wildman–Crippen MR) is 89.4 cm³/mol. The molecule has 0 fully saturated rings. The number of anilines is 1. The van der Waals surface area contributed by atoms with Crippen LogP contribution in [0.3, 0.4) is 0 Å². The zero-order valence-corrected chi connectivity index (χ0v) is 13.3. The van der Waals surface area contributed by atoms with Gasteiger partial charge in [-0.15, -0.1) is 4.48 Å². The third-order valence-electron chi connectivity index (χ3n) is 2.78. The highest BCUT2D eigenvalue weighted by Crippen LogP contribution is 2.23. The molecule has 0 saturated carbocycles. The van der Waals surface area contributed by atoms with E-state index >= 15 is 0 Å². The maximum Gasteiger partial charge on any atom is 0.0730 e. The smallest absolute Gasteiger partial charge is 0.0730 e. The third kappa shape index (κ3) is 7.11. The van der Waals surface area contributed by atoms with Gasteiger partial charge in [0.05, 0.1) is 5.69 Å². The highest BCUT2D eigenvalue weighted by atomic mass is 35.5. The maximum absolute atomic E-state index is 13.1. The highest BCUT2D eigenvalue weighted by Gasteiger charge is 2.06. The molecule has 0 heterocycles. The molecule has 0 aliphatic rings.